The summed E-state index contributed by atoms with van der Waals surface area (Å²) in [5.74, 6) is 0.907. The second-order valence-electron chi connectivity index (χ2n) is 5.77. The van der Waals surface area contributed by atoms with Crippen molar-refractivity contribution in [3.8, 4) is 5.75 Å². The summed E-state index contributed by atoms with van der Waals surface area (Å²) < 4.78 is 5.39. The molecule has 1 unspecified atom stereocenters. The molecule has 1 atom stereocenters. The highest BCUT2D eigenvalue weighted by molar-refractivity contribution is 5.69. The quantitative estimate of drug-likeness (QED) is 0.795. The van der Waals surface area contributed by atoms with Crippen LogP contribution >= 0.6 is 0 Å². The number of hydrogen-bond acceptors (Lipinski definition) is 4. The van der Waals surface area contributed by atoms with Gasteiger partial charge in [0.2, 0.25) is 0 Å². The smallest absolute Gasteiger partial charge is 0.123 e. The second-order valence-corrected chi connectivity index (χ2v) is 5.77. The van der Waals surface area contributed by atoms with Crippen LogP contribution in [0, 0.1) is 13.8 Å². The molecule has 0 bridgehead atoms. The Hall–Kier alpha value is -2.30. The maximum absolute atomic E-state index is 5.39. The average molecular weight is 309 g/mol. The van der Waals surface area contributed by atoms with E-state index < -0.39 is 0 Å². The lowest BCUT2D eigenvalue weighted by Crippen LogP contribution is -2.41. The zero-order valence-corrected chi connectivity index (χ0v) is 13.8. The van der Waals surface area contributed by atoms with Crippen molar-refractivity contribution in [3.63, 3.8) is 0 Å². The van der Waals surface area contributed by atoms with Gasteiger partial charge in [0.25, 0.3) is 0 Å². The molecule has 3 N–H and O–H groups in total. The first-order valence-corrected chi connectivity index (χ1v) is 7.84. The van der Waals surface area contributed by atoms with Crippen LogP contribution in [0.5, 0.6) is 5.75 Å². The number of hydrogen-bond donors (Lipinski definition) is 3. The molecule has 0 spiro atoms. The molecule has 3 rings (SSSR count). The van der Waals surface area contributed by atoms with Gasteiger partial charge in [0.05, 0.1) is 19.0 Å². The minimum absolute atomic E-state index is 0.0785. The van der Waals surface area contributed by atoms with Crippen LogP contribution in [0.3, 0.4) is 0 Å². The molecule has 1 aliphatic rings. The molecule has 120 valence electrons. The van der Waals surface area contributed by atoms with Crippen LogP contribution in [0.15, 0.2) is 48.5 Å². The van der Waals surface area contributed by atoms with Crippen LogP contribution in [-0.4, -0.2) is 13.3 Å². The van der Waals surface area contributed by atoms with E-state index in [4.69, 9.17) is 4.74 Å². The first-order valence-electron chi connectivity index (χ1n) is 7.84. The molecule has 0 amide bonds. The Morgan fingerprint density at radius 2 is 1.91 bits per heavy atom. The molecule has 1 aliphatic heterocycles. The van der Waals surface area contributed by atoms with Crippen molar-refractivity contribution in [1.29, 1.82) is 0 Å². The van der Waals surface area contributed by atoms with Gasteiger partial charge in [-0.3, -0.25) is 5.32 Å². The Morgan fingerprint density at radius 1 is 1.09 bits per heavy atom. The Bertz CT molecular complexity index is 724. The van der Waals surface area contributed by atoms with Crippen molar-refractivity contribution in [3.05, 3.63) is 70.8 Å². The molecule has 0 saturated heterocycles. The Kier molecular flexibility index (Phi) is 4.65. The predicted octanol–water partition coefficient (Wildman–Crippen LogP) is 2.88. The standard InChI is InChI=1S/C19H23N3O/c1-13-7-6-9-16(14(13)2)17-11-19(22-21-17)20-12-15-8-4-5-10-18(15)23-3/h4-11,19-22H,12H2,1-3H3. The van der Waals surface area contributed by atoms with Crippen LogP contribution in [-0.2, 0) is 6.54 Å². The minimum Gasteiger partial charge on any atom is -0.496 e. The van der Waals surface area contributed by atoms with Crippen LogP contribution in [0.2, 0.25) is 0 Å². The molecule has 4 nitrogen and oxygen atoms in total. The van der Waals surface area contributed by atoms with Crippen molar-refractivity contribution >= 4 is 5.70 Å². The lowest BCUT2D eigenvalue weighted by molar-refractivity contribution is 0.404. The molecule has 2 aromatic carbocycles. The maximum Gasteiger partial charge on any atom is 0.123 e. The third-order valence-corrected chi connectivity index (χ3v) is 4.30. The normalized spacial score (nSPS) is 16.8. The van der Waals surface area contributed by atoms with Crippen LogP contribution in [0.1, 0.15) is 22.3 Å². The first kappa shape index (κ1) is 15.6. The largest absolute Gasteiger partial charge is 0.496 e. The third kappa shape index (κ3) is 3.38. The Balaban J connectivity index is 1.69. The molecule has 1 heterocycles. The fourth-order valence-electron chi connectivity index (χ4n) is 2.78. The number of para-hydroxylation sites is 1. The lowest BCUT2D eigenvalue weighted by atomic mass is 10.0. The number of methoxy groups -OCH3 is 1. The summed E-state index contributed by atoms with van der Waals surface area (Å²) >= 11 is 0. The second kappa shape index (κ2) is 6.86. The summed E-state index contributed by atoms with van der Waals surface area (Å²) in [4.78, 5) is 0. The minimum atomic E-state index is 0.0785. The van der Waals surface area contributed by atoms with E-state index in [1.165, 1.54) is 16.7 Å². The van der Waals surface area contributed by atoms with Gasteiger partial charge in [-0.15, -0.1) is 0 Å². The molecule has 4 heteroatoms. The molecule has 23 heavy (non-hydrogen) atoms. The topological polar surface area (TPSA) is 45.3 Å². The summed E-state index contributed by atoms with van der Waals surface area (Å²) in [7, 11) is 1.70. The molecule has 0 saturated carbocycles. The van der Waals surface area contributed by atoms with Gasteiger partial charge in [-0.25, -0.2) is 5.43 Å². The van der Waals surface area contributed by atoms with Gasteiger partial charge in [0, 0.05) is 17.7 Å². The molecular formula is C19H23N3O. The van der Waals surface area contributed by atoms with Gasteiger partial charge in [-0.2, -0.15) is 0 Å². The van der Waals surface area contributed by atoms with Crippen LogP contribution in [0.4, 0.5) is 0 Å². The highest BCUT2D eigenvalue weighted by atomic mass is 16.5. The van der Waals surface area contributed by atoms with Crippen LogP contribution in [0.25, 0.3) is 5.70 Å². The summed E-state index contributed by atoms with van der Waals surface area (Å²) in [6.07, 6.45) is 2.26. The van der Waals surface area contributed by atoms with Gasteiger partial charge in [-0.1, -0.05) is 36.4 Å². The molecule has 0 aromatic heterocycles. The molecular weight excluding hydrogens is 286 g/mol. The van der Waals surface area contributed by atoms with Crippen molar-refractivity contribution in [1.82, 2.24) is 16.2 Å². The van der Waals surface area contributed by atoms with E-state index in [2.05, 4.69) is 60.4 Å². The lowest BCUT2D eigenvalue weighted by Gasteiger charge is -2.13. The zero-order chi connectivity index (χ0) is 16.2. The first-order chi connectivity index (χ1) is 11.2. The summed E-state index contributed by atoms with van der Waals surface area (Å²) in [6.45, 7) is 5.03. The molecule has 0 fully saturated rings. The monoisotopic (exact) mass is 309 g/mol. The van der Waals surface area contributed by atoms with E-state index in [9.17, 15) is 0 Å². The highest BCUT2D eigenvalue weighted by Gasteiger charge is 2.17. The van der Waals surface area contributed by atoms with Crippen molar-refractivity contribution in [2.75, 3.05) is 7.11 Å². The third-order valence-electron chi connectivity index (χ3n) is 4.30. The van der Waals surface area contributed by atoms with Gasteiger partial charge >= 0.3 is 0 Å². The number of aryl methyl sites for hydroxylation is 1. The van der Waals surface area contributed by atoms with Gasteiger partial charge in [0.15, 0.2) is 0 Å². The Labute approximate surface area is 137 Å². The van der Waals surface area contributed by atoms with E-state index in [0.717, 1.165) is 23.6 Å². The predicted molar refractivity (Wildman–Crippen MR) is 93.8 cm³/mol. The number of ether oxygens (including phenoxy) is 1. The van der Waals surface area contributed by atoms with E-state index in [-0.39, 0.29) is 6.17 Å². The fourth-order valence-corrected chi connectivity index (χ4v) is 2.78. The van der Waals surface area contributed by atoms with E-state index >= 15 is 0 Å². The summed E-state index contributed by atoms with van der Waals surface area (Å²) in [6, 6.07) is 14.4. The average Bonchev–Trinajstić information content (AvgIpc) is 3.04. The molecule has 2 aromatic rings. The highest BCUT2D eigenvalue weighted by Crippen LogP contribution is 2.22. The number of hydrazine groups is 1. The maximum atomic E-state index is 5.39. The Morgan fingerprint density at radius 3 is 2.74 bits per heavy atom. The van der Waals surface area contributed by atoms with Gasteiger partial charge in [-0.05, 0) is 37.1 Å². The summed E-state index contributed by atoms with van der Waals surface area (Å²) in [5.41, 5.74) is 12.6. The van der Waals surface area contributed by atoms with E-state index in [1.54, 1.807) is 7.11 Å². The number of benzene rings is 2. The number of rotatable bonds is 5. The van der Waals surface area contributed by atoms with Crippen molar-refractivity contribution in [2.24, 2.45) is 0 Å². The van der Waals surface area contributed by atoms with Gasteiger partial charge < -0.3 is 10.2 Å². The van der Waals surface area contributed by atoms with E-state index in [1.807, 2.05) is 18.2 Å². The zero-order valence-electron chi connectivity index (χ0n) is 13.8. The fraction of sp³-hybridized carbons (Fsp3) is 0.263. The number of nitrogens with one attached hydrogen (secondary N) is 3. The molecule has 0 aliphatic carbocycles. The van der Waals surface area contributed by atoms with E-state index in [0.29, 0.717) is 0 Å². The SMILES string of the molecule is COc1ccccc1CNC1C=C(c2cccc(C)c2C)NN1. The van der Waals surface area contributed by atoms with Gasteiger partial charge in [0.1, 0.15) is 5.75 Å². The summed E-state index contributed by atoms with van der Waals surface area (Å²) in [5, 5.41) is 3.48. The molecule has 0 radical (unpaired) electrons. The van der Waals surface area contributed by atoms with Crippen LogP contribution < -0.4 is 20.9 Å². The van der Waals surface area contributed by atoms with Crippen molar-refractivity contribution in [2.45, 2.75) is 26.6 Å². The van der Waals surface area contributed by atoms with Crippen molar-refractivity contribution < 1.29 is 4.74 Å².